The molecule has 0 aromatic carbocycles. The Bertz CT molecular complexity index is 323. The van der Waals surface area contributed by atoms with Crippen molar-refractivity contribution < 1.29 is 14.7 Å². The van der Waals surface area contributed by atoms with E-state index in [1.807, 2.05) is 0 Å². The fourth-order valence-electron chi connectivity index (χ4n) is 2.71. The number of aliphatic carboxylic acids is 1. The number of hydrogen-bond donors (Lipinski definition) is 3. The molecule has 19 heavy (non-hydrogen) atoms. The topological polar surface area (TPSA) is 92.4 Å². The van der Waals surface area contributed by atoms with E-state index in [0.717, 1.165) is 19.3 Å². The molecule has 1 aliphatic rings. The third-order valence-electron chi connectivity index (χ3n) is 4.36. The van der Waals surface area contributed by atoms with Crippen LogP contribution in [0.4, 0.5) is 0 Å². The molecular formula is C14H26N2O3. The molecule has 4 N–H and O–H groups in total. The Labute approximate surface area is 114 Å². The molecule has 0 radical (unpaired) electrons. The molecule has 1 aliphatic carbocycles. The van der Waals surface area contributed by atoms with Crippen molar-refractivity contribution in [2.75, 3.05) is 6.54 Å². The van der Waals surface area contributed by atoms with Gasteiger partial charge < -0.3 is 16.2 Å². The summed E-state index contributed by atoms with van der Waals surface area (Å²) in [5, 5.41) is 12.2. The second kappa shape index (κ2) is 6.89. The smallest absolute Gasteiger partial charge is 0.329 e. The zero-order valence-electron chi connectivity index (χ0n) is 11.9. The van der Waals surface area contributed by atoms with E-state index < -0.39 is 11.5 Å². The third-order valence-corrected chi connectivity index (χ3v) is 4.36. The highest BCUT2D eigenvalue weighted by atomic mass is 16.4. The van der Waals surface area contributed by atoms with E-state index in [1.165, 1.54) is 0 Å². The molecule has 1 atom stereocenters. The molecular weight excluding hydrogens is 244 g/mol. The van der Waals surface area contributed by atoms with Gasteiger partial charge in [-0.2, -0.15) is 0 Å². The number of nitrogens with two attached hydrogens (primary N) is 1. The first-order chi connectivity index (χ1) is 8.95. The first-order valence-corrected chi connectivity index (χ1v) is 7.20. The Kier molecular flexibility index (Phi) is 5.79. The van der Waals surface area contributed by atoms with E-state index in [4.69, 9.17) is 5.73 Å². The Balaban J connectivity index is 2.68. The minimum absolute atomic E-state index is 0.192. The summed E-state index contributed by atoms with van der Waals surface area (Å²) >= 11 is 0. The van der Waals surface area contributed by atoms with Crippen molar-refractivity contribution in [2.24, 2.45) is 17.6 Å². The SMILES string of the molecule is CCC1CCC(NC(=O)C(C)CCN)(C(=O)O)CC1. The molecule has 1 unspecified atom stereocenters. The van der Waals surface area contributed by atoms with Crippen molar-refractivity contribution in [3.05, 3.63) is 0 Å². The van der Waals surface area contributed by atoms with Crippen molar-refractivity contribution in [2.45, 2.75) is 57.9 Å². The zero-order valence-corrected chi connectivity index (χ0v) is 11.9. The summed E-state index contributed by atoms with van der Waals surface area (Å²) in [6, 6.07) is 0. The van der Waals surface area contributed by atoms with Gasteiger partial charge in [0.1, 0.15) is 5.54 Å². The first-order valence-electron chi connectivity index (χ1n) is 7.20. The summed E-state index contributed by atoms with van der Waals surface area (Å²) in [6.45, 7) is 4.35. The predicted octanol–water partition coefficient (Wildman–Crippen LogP) is 1.51. The van der Waals surface area contributed by atoms with Gasteiger partial charge in [-0.15, -0.1) is 0 Å². The molecule has 1 saturated carbocycles. The van der Waals surface area contributed by atoms with E-state index in [-0.39, 0.29) is 11.8 Å². The molecule has 0 aromatic heterocycles. The molecule has 0 aliphatic heterocycles. The monoisotopic (exact) mass is 270 g/mol. The van der Waals surface area contributed by atoms with Crippen LogP contribution in [0, 0.1) is 11.8 Å². The van der Waals surface area contributed by atoms with Crippen molar-refractivity contribution in [3.63, 3.8) is 0 Å². The molecule has 0 saturated heterocycles. The van der Waals surface area contributed by atoms with Crippen LogP contribution in [0.15, 0.2) is 0 Å². The van der Waals surface area contributed by atoms with Gasteiger partial charge in [0.25, 0.3) is 0 Å². The van der Waals surface area contributed by atoms with Gasteiger partial charge >= 0.3 is 5.97 Å². The lowest BCUT2D eigenvalue weighted by molar-refractivity contribution is -0.150. The summed E-state index contributed by atoms with van der Waals surface area (Å²) in [6.07, 6.45) is 4.46. The van der Waals surface area contributed by atoms with Crippen LogP contribution in [-0.4, -0.2) is 29.1 Å². The Morgan fingerprint density at radius 3 is 2.42 bits per heavy atom. The van der Waals surface area contributed by atoms with Gasteiger partial charge in [-0.1, -0.05) is 20.3 Å². The minimum atomic E-state index is -1.06. The number of carboxylic acid groups (broad SMARTS) is 1. The van der Waals surface area contributed by atoms with E-state index in [9.17, 15) is 14.7 Å². The van der Waals surface area contributed by atoms with Crippen LogP contribution in [-0.2, 0) is 9.59 Å². The van der Waals surface area contributed by atoms with Crippen LogP contribution >= 0.6 is 0 Å². The third kappa shape index (κ3) is 3.93. The van der Waals surface area contributed by atoms with Crippen LogP contribution in [0.1, 0.15) is 52.4 Å². The normalized spacial score (nSPS) is 28.7. The van der Waals surface area contributed by atoms with Gasteiger partial charge in [0.15, 0.2) is 0 Å². The highest BCUT2D eigenvalue weighted by molar-refractivity contribution is 5.88. The van der Waals surface area contributed by atoms with Crippen molar-refractivity contribution in [1.82, 2.24) is 5.32 Å². The summed E-state index contributed by atoms with van der Waals surface area (Å²) < 4.78 is 0. The number of amides is 1. The second-order valence-electron chi connectivity index (χ2n) is 5.71. The standard InChI is InChI=1S/C14H26N2O3/c1-3-11-4-7-14(8-5-11,13(18)19)16-12(17)10(2)6-9-15/h10-11H,3-9,15H2,1-2H3,(H,16,17)(H,18,19). The Morgan fingerprint density at radius 1 is 1.42 bits per heavy atom. The summed E-state index contributed by atoms with van der Waals surface area (Å²) in [5.74, 6) is -0.742. The van der Waals surface area contributed by atoms with E-state index in [0.29, 0.717) is 31.7 Å². The zero-order chi connectivity index (χ0) is 14.5. The molecule has 110 valence electrons. The van der Waals surface area contributed by atoms with Crippen molar-refractivity contribution in [3.8, 4) is 0 Å². The van der Waals surface area contributed by atoms with Crippen LogP contribution < -0.4 is 11.1 Å². The minimum Gasteiger partial charge on any atom is -0.480 e. The van der Waals surface area contributed by atoms with Gasteiger partial charge in [-0.25, -0.2) is 4.79 Å². The molecule has 1 fully saturated rings. The fraction of sp³-hybridized carbons (Fsp3) is 0.857. The van der Waals surface area contributed by atoms with Gasteiger partial charge in [-0.3, -0.25) is 4.79 Å². The molecule has 1 amide bonds. The van der Waals surface area contributed by atoms with Gasteiger partial charge in [0, 0.05) is 5.92 Å². The molecule has 5 heteroatoms. The summed E-state index contributed by atoms with van der Waals surface area (Å²) in [7, 11) is 0. The molecule has 5 nitrogen and oxygen atoms in total. The van der Waals surface area contributed by atoms with E-state index >= 15 is 0 Å². The molecule has 0 spiro atoms. The summed E-state index contributed by atoms with van der Waals surface area (Å²) in [5.41, 5.74) is 4.37. The quantitative estimate of drug-likeness (QED) is 0.682. The predicted molar refractivity (Wildman–Crippen MR) is 73.6 cm³/mol. The average Bonchev–Trinajstić information content (AvgIpc) is 2.39. The lowest BCUT2D eigenvalue weighted by Crippen LogP contribution is -2.57. The van der Waals surface area contributed by atoms with Crippen LogP contribution in [0.25, 0.3) is 0 Å². The number of carbonyl (C=O) groups excluding carboxylic acids is 1. The molecule has 0 aromatic rings. The van der Waals surface area contributed by atoms with Crippen molar-refractivity contribution >= 4 is 11.9 Å². The van der Waals surface area contributed by atoms with Crippen LogP contribution in [0.5, 0.6) is 0 Å². The lowest BCUT2D eigenvalue weighted by Gasteiger charge is -2.37. The number of rotatable bonds is 6. The first kappa shape index (κ1) is 16.0. The van der Waals surface area contributed by atoms with Crippen LogP contribution in [0.3, 0.4) is 0 Å². The maximum absolute atomic E-state index is 12.0. The molecule has 0 heterocycles. The van der Waals surface area contributed by atoms with Crippen LogP contribution in [0.2, 0.25) is 0 Å². The second-order valence-corrected chi connectivity index (χ2v) is 5.71. The number of nitrogens with one attached hydrogen (secondary N) is 1. The Morgan fingerprint density at radius 2 is 2.00 bits per heavy atom. The van der Waals surface area contributed by atoms with Gasteiger partial charge in [0.05, 0.1) is 0 Å². The van der Waals surface area contributed by atoms with Gasteiger partial charge in [0.2, 0.25) is 5.91 Å². The molecule has 0 bridgehead atoms. The largest absolute Gasteiger partial charge is 0.480 e. The maximum atomic E-state index is 12.0. The van der Waals surface area contributed by atoms with E-state index in [1.54, 1.807) is 6.92 Å². The highest BCUT2D eigenvalue weighted by Crippen LogP contribution is 2.34. The molecule has 1 rings (SSSR count). The average molecular weight is 270 g/mol. The van der Waals surface area contributed by atoms with E-state index in [2.05, 4.69) is 12.2 Å². The van der Waals surface area contributed by atoms with Gasteiger partial charge in [-0.05, 0) is 44.6 Å². The lowest BCUT2D eigenvalue weighted by atomic mass is 9.75. The summed E-state index contributed by atoms with van der Waals surface area (Å²) in [4.78, 5) is 23.6. The Hall–Kier alpha value is -1.10. The number of carboxylic acids is 1. The number of hydrogen-bond acceptors (Lipinski definition) is 3. The fourth-order valence-corrected chi connectivity index (χ4v) is 2.71. The van der Waals surface area contributed by atoms with Crippen molar-refractivity contribution in [1.29, 1.82) is 0 Å². The maximum Gasteiger partial charge on any atom is 0.329 e. The number of carbonyl (C=O) groups is 2. The highest BCUT2D eigenvalue weighted by Gasteiger charge is 2.43.